The van der Waals surface area contributed by atoms with Crippen LogP contribution in [-0.2, 0) is 24.1 Å². The van der Waals surface area contributed by atoms with Gasteiger partial charge >= 0.3 is 0 Å². The molecular weight excluding hydrogens is 250 g/mol. The molecule has 4 nitrogen and oxygen atoms in total. The zero-order chi connectivity index (χ0) is 13.9. The summed E-state index contributed by atoms with van der Waals surface area (Å²) in [6, 6.07) is 2.29. The molecule has 4 heteroatoms. The van der Waals surface area contributed by atoms with E-state index in [4.69, 9.17) is 15.5 Å². The zero-order valence-corrected chi connectivity index (χ0v) is 12.4. The standard InChI is InChI=1S/C16H25N3O/c1-2-20-14-6-4-8-19(11-14)16-13(10-17)9-12-5-3-7-15(12)18-16/h9,14H,2-8,10-11,17H2,1H3. The summed E-state index contributed by atoms with van der Waals surface area (Å²) in [6.45, 7) is 5.46. The predicted molar refractivity (Wildman–Crippen MR) is 81.0 cm³/mol. The number of ether oxygens (including phenoxy) is 1. The lowest BCUT2D eigenvalue weighted by atomic mass is 10.1. The molecule has 0 spiro atoms. The van der Waals surface area contributed by atoms with E-state index in [9.17, 15) is 0 Å². The number of hydrogen-bond acceptors (Lipinski definition) is 4. The second kappa shape index (κ2) is 6.10. The molecule has 2 aliphatic rings. The highest BCUT2D eigenvalue weighted by molar-refractivity contribution is 5.51. The van der Waals surface area contributed by atoms with Crippen molar-refractivity contribution in [3.8, 4) is 0 Å². The molecule has 1 aromatic heterocycles. The third-order valence-corrected chi connectivity index (χ3v) is 4.41. The molecule has 1 saturated heterocycles. The lowest BCUT2D eigenvalue weighted by Crippen LogP contribution is -2.41. The molecule has 1 atom stereocenters. The van der Waals surface area contributed by atoms with Crippen molar-refractivity contribution in [3.63, 3.8) is 0 Å². The molecule has 1 aliphatic carbocycles. The lowest BCUT2D eigenvalue weighted by molar-refractivity contribution is 0.0525. The van der Waals surface area contributed by atoms with Gasteiger partial charge in [0.2, 0.25) is 0 Å². The first kappa shape index (κ1) is 13.8. The Morgan fingerprint density at radius 1 is 1.40 bits per heavy atom. The third-order valence-electron chi connectivity index (χ3n) is 4.41. The van der Waals surface area contributed by atoms with E-state index in [-0.39, 0.29) is 0 Å². The zero-order valence-electron chi connectivity index (χ0n) is 12.4. The summed E-state index contributed by atoms with van der Waals surface area (Å²) in [5.74, 6) is 1.11. The molecule has 1 unspecified atom stereocenters. The highest BCUT2D eigenvalue weighted by atomic mass is 16.5. The van der Waals surface area contributed by atoms with E-state index in [1.165, 1.54) is 29.7 Å². The van der Waals surface area contributed by atoms with Crippen LogP contribution < -0.4 is 10.6 Å². The number of anilines is 1. The average molecular weight is 275 g/mol. The van der Waals surface area contributed by atoms with Crippen LogP contribution in [0.1, 0.15) is 43.0 Å². The van der Waals surface area contributed by atoms with Crippen molar-refractivity contribution < 1.29 is 4.74 Å². The first-order valence-corrected chi connectivity index (χ1v) is 7.90. The number of nitrogens with zero attached hydrogens (tertiary/aromatic N) is 2. The van der Waals surface area contributed by atoms with Gasteiger partial charge in [0.05, 0.1) is 6.10 Å². The van der Waals surface area contributed by atoms with Crippen molar-refractivity contribution in [2.45, 2.75) is 51.7 Å². The molecule has 0 radical (unpaired) electrons. The van der Waals surface area contributed by atoms with Gasteiger partial charge in [0.15, 0.2) is 0 Å². The van der Waals surface area contributed by atoms with Crippen molar-refractivity contribution in [2.24, 2.45) is 5.73 Å². The van der Waals surface area contributed by atoms with Crippen molar-refractivity contribution in [2.75, 3.05) is 24.6 Å². The molecule has 1 fully saturated rings. The van der Waals surface area contributed by atoms with Gasteiger partial charge in [-0.15, -0.1) is 0 Å². The number of hydrogen-bond donors (Lipinski definition) is 1. The molecule has 2 heterocycles. The molecule has 1 aromatic rings. The minimum Gasteiger partial charge on any atom is -0.377 e. The largest absolute Gasteiger partial charge is 0.377 e. The van der Waals surface area contributed by atoms with Gasteiger partial charge in [0, 0.05) is 37.5 Å². The quantitative estimate of drug-likeness (QED) is 0.913. The van der Waals surface area contributed by atoms with Crippen molar-refractivity contribution in [1.82, 2.24) is 4.98 Å². The molecule has 2 N–H and O–H groups in total. The number of nitrogens with two attached hydrogens (primary N) is 1. The SMILES string of the molecule is CCOC1CCCN(c2nc3c(cc2CN)CCC3)C1. The lowest BCUT2D eigenvalue weighted by Gasteiger charge is -2.34. The Balaban J connectivity index is 1.85. The third kappa shape index (κ3) is 2.67. The maximum atomic E-state index is 5.95. The number of piperidine rings is 1. The van der Waals surface area contributed by atoms with E-state index in [0.717, 1.165) is 44.8 Å². The molecule has 0 amide bonds. The maximum absolute atomic E-state index is 5.95. The molecule has 0 aromatic carbocycles. The molecular formula is C16H25N3O. The number of fused-ring (bicyclic) bond motifs is 1. The Hall–Kier alpha value is -1.13. The van der Waals surface area contributed by atoms with Crippen LogP contribution in [0.15, 0.2) is 6.07 Å². The fourth-order valence-electron chi connectivity index (χ4n) is 3.44. The monoisotopic (exact) mass is 275 g/mol. The minimum atomic E-state index is 0.342. The minimum absolute atomic E-state index is 0.342. The van der Waals surface area contributed by atoms with Gasteiger partial charge < -0.3 is 15.4 Å². The Morgan fingerprint density at radius 3 is 3.10 bits per heavy atom. The first-order valence-electron chi connectivity index (χ1n) is 7.90. The van der Waals surface area contributed by atoms with E-state index in [2.05, 4.69) is 17.9 Å². The van der Waals surface area contributed by atoms with Crippen molar-refractivity contribution >= 4 is 5.82 Å². The van der Waals surface area contributed by atoms with Crippen molar-refractivity contribution in [1.29, 1.82) is 0 Å². The fourth-order valence-corrected chi connectivity index (χ4v) is 3.44. The summed E-state index contributed by atoms with van der Waals surface area (Å²) in [4.78, 5) is 7.31. The fraction of sp³-hybridized carbons (Fsp3) is 0.688. The predicted octanol–water partition coefficient (Wildman–Crippen LogP) is 2.03. The van der Waals surface area contributed by atoms with Crippen LogP contribution in [0.2, 0.25) is 0 Å². The summed E-state index contributed by atoms with van der Waals surface area (Å²) < 4.78 is 5.80. The second-order valence-electron chi connectivity index (χ2n) is 5.80. The smallest absolute Gasteiger partial charge is 0.133 e. The van der Waals surface area contributed by atoms with Crippen LogP contribution in [-0.4, -0.2) is 30.8 Å². The summed E-state index contributed by atoms with van der Waals surface area (Å²) in [5.41, 5.74) is 9.84. The van der Waals surface area contributed by atoms with Crippen LogP contribution >= 0.6 is 0 Å². The average Bonchev–Trinajstić information content (AvgIpc) is 2.93. The molecule has 20 heavy (non-hydrogen) atoms. The van der Waals surface area contributed by atoms with E-state index < -0.39 is 0 Å². The van der Waals surface area contributed by atoms with Gasteiger partial charge in [0.1, 0.15) is 5.82 Å². The second-order valence-corrected chi connectivity index (χ2v) is 5.80. The van der Waals surface area contributed by atoms with Crippen LogP contribution in [0.5, 0.6) is 0 Å². The Labute approximate surface area is 121 Å². The van der Waals surface area contributed by atoms with E-state index in [1.807, 2.05) is 0 Å². The molecule has 0 bridgehead atoms. The molecule has 110 valence electrons. The first-order chi connectivity index (χ1) is 9.81. The van der Waals surface area contributed by atoms with Crippen LogP contribution in [0.25, 0.3) is 0 Å². The Morgan fingerprint density at radius 2 is 2.30 bits per heavy atom. The van der Waals surface area contributed by atoms with E-state index >= 15 is 0 Å². The Kier molecular flexibility index (Phi) is 4.22. The van der Waals surface area contributed by atoms with Crippen LogP contribution in [0.4, 0.5) is 5.82 Å². The maximum Gasteiger partial charge on any atom is 0.133 e. The summed E-state index contributed by atoms with van der Waals surface area (Å²) in [5, 5.41) is 0. The van der Waals surface area contributed by atoms with Gasteiger partial charge in [-0.1, -0.05) is 0 Å². The number of rotatable bonds is 4. The number of pyridine rings is 1. The normalized spacial score (nSPS) is 22.1. The summed E-state index contributed by atoms with van der Waals surface area (Å²) >= 11 is 0. The molecule has 1 aliphatic heterocycles. The Bertz CT molecular complexity index is 473. The van der Waals surface area contributed by atoms with Gasteiger partial charge in [-0.3, -0.25) is 0 Å². The molecule has 0 saturated carbocycles. The summed E-state index contributed by atoms with van der Waals surface area (Å²) in [6.07, 6.45) is 6.19. The van der Waals surface area contributed by atoms with Gasteiger partial charge in [-0.2, -0.15) is 0 Å². The number of aromatic nitrogens is 1. The molecule has 3 rings (SSSR count). The van der Waals surface area contributed by atoms with Gasteiger partial charge in [-0.05, 0) is 50.7 Å². The number of aryl methyl sites for hydroxylation is 2. The van der Waals surface area contributed by atoms with Crippen LogP contribution in [0, 0.1) is 0 Å². The topological polar surface area (TPSA) is 51.4 Å². The van der Waals surface area contributed by atoms with Crippen molar-refractivity contribution in [3.05, 3.63) is 22.9 Å². The highest BCUT2D eigenvalue weighted by Crippen LogP contribution is 2.29. The van der Waals surface area contributed by atoms with Gasteiger partial charge in [-0.25, -0.2) is 4.98 Å². The van der Waals surface area contributed by atoms with E-state index in [1.54, 1.807) is 0 Å². The highest BCUT2D eigenvalue weighted by Gasteiger charge is 2.24. The summed E-state index contributed by atoms with van der Waals surface area (Å²) in [7, 11) is 0. The van der Waals surface area contributed by atoms with Crippen LogP contribution in [0.3, 0.4) is 0 Å². The van der Waals surface area contributed by atoms with E-state index in [0.29, 0.717) is 12.6 Å². The van der Waals surface area contributed by atoms with Gasteiger partial charge in [0.25, 0.3) is 0 Å².